The van der Waals surface area contributed by atoms with Crippen LogP contribution in [0.25, 0.3) is 56.4 Å². The second-order valence-electron chi connectivity index (χ2n) is 15.1. The topological polar surface area (TPSA) is 59.9 Å². The highest BCUT2D eigenvalue weighted by Crippen LogP contribution is 2.64. The Hall–Kier alpha value is -7.63. The van der Waals surface area contributed by atoms with Crippen LogP contribution >= 0.6 is 0 Å². The van der Waals surface area contributed by atoms with E-state index in [1.165, 1.54) is 38.9 Å². The maximum Gasteiger partial charge on any atom is 0.164 e. The Balaban J connectivity index is 1.07. The van der Waals surface area contributed by atoms with Gasteiger partial charge in [0.25, 0.3) is 0 Å². The minimum atomic E-state index is -0.548. The number of ether oxygens (including phenoxy) is 1. The van der Waals surface area contributed by atoms with Gasteiger partial charge in [0.05, 0.1) is 11.5 Å². The van der Waals surface area contributed by atoms with Gasteiger partial charge in [0.1, 0.15) is 11.5 Å². The van der Waals surface area contributed by atoms with Crippen molar-refractivity contribution in [2.75, 3.05) is 5.32 Å². The fraction of sp³-hybridized carbons (Fsp3) is 0.0377. The van der Waals surface area contributed by atoms with Gasteiger partial charge >= 0.3 is 0 Å². The first-order chi connectivity index (χ1) is 28.8. The van der Waals surface area contributed by atoms with Crippen molar-refractivity contribution in [3.8, 4) is 67.9 Å². The monoisotopic (exact) mass is 742 g/mol. The van der Waals surface area contributed by atoms with Crippen LogP contribution in [-0.2, 0) is 5.41 Å². The smallest absolute Gasteiger partial charge is 0.164 e. The van der Waals surface area contributed by atoms with E-state index in [2.05, 4.69) is 139 Å². The Labute approximate surface area is 336 Å². The van der Waals surface area contributed by atoms with Crippen LogP contribution in [-0.4, -0.2) is 15.0 Å². The number of hydrogen-bond acceptors (Lipinski definition) is 5. The van der Waals surface area contributed by atoms with Gasteiger partial charge in [0.2, 0.25) is 0 Å². The van der Waals surface area contributed by atoms with E-state index in [0.29, 0.717) is 17.5 Å². The Morgan fingerprint density at radius 2 is 0.948 bits per heavy atom. The SMILES string of the molecule is c1ccc(-c2nc(-c3ccccc3)nc(-c3cccc(C4Nc5ccccc5-c5c4ccc4c5-c5ccccc5C45c4ccccc4Oc4ccccc45)c3)n2)cc1. The zero-order valence-electron chi connectivity index (χ0n) is 31.3. The quantitative estimate of drug-likeness (QED) is 0.195. The third kappa shape index (κ3) is 4.74. The minimum Gasteiger partial charge on any atom is -0.457 e. The van der Waals surface area contributed by atoms with Crippen molar-refractivity contribution in [2.24, 2.45) is 0 Å². The van der Waals surface area contributed by atoms with Crippen molar-refractivity contribution >= 4 is 5.69 Å². The van der Waals surface area contributed by atoms with E-state index in [-0.39, 0.29) is 6.04 Å². The Morgan fingerprint density at radius 3 is 1.62 bits per heavy atom. The molecule has 1 spiro atoms. The summed E-state index contributed by atoms with van der Waals surface area (Å²) < 4.78 is 6.63. The average Bonchev–Trinajstić information content (AvgIpc) is 3.60. The van der Waals surface area contributed by atoms with E-state index in [1.807, 2.05) is 60.7 Å². The number of benzene rings is 8. The van der Waals surface area contributed by atoms with E-state index >= 15 is 0 Å². The molecular weight excluding hydrogens is 709 g/mol. The summed E-state index contributed by atoms with van der Waals surface area (Å²) in [4.78, 5) is 15.1. The first kappa shape index (κ1) is 32.6. The number of nitrogens with zero attached hydrogens (tertiary/aromatic N) is 3. The van der Waals surface area contributed by atoms with E-state index in [9.17, 15) is 0 Å². The molecule has 58 heavy (non-hydrogen) atoms. The molecule has 2 aliphatic heterocycles. The molecule has 0 amide bonds. The molecule has 0 radical (unpaired) electrons. The van der Waals surface area contributed by atoms with Crippen molar-refractivity contribution in [2.45, 2.75) is 11.5 Å². The summed E-state index contributed by atoms with van der Waals surface area (Å²) in [5.41, 5.74) is 15.5. The second-order valence-corrected chi connectivity index (χ2v) is 15.1. The summed E-state index contributed by atoms with van der Waals surface area (Å²) in [6, 6.07) is 68.3. The summed E-state index contributed by atoms with van der Waals surface area (Å²) in [7, 11) is 0. The number of hydrogen-bond donors (Lipinski definition) is 1. The molecular formula is C53H34N4O. The number of para-hydroxylation sites is 3. The zero-order valence-corrected chi connectivity index (χ0v) is 31.3. The van der Waals surface area contributed by atoms with Crippen LogP contribution < -0.4 is 10.1 Å². The lowest BCUT2D eigenvalue weighted by atomic mass is 9.65. The van der Waals surface area contributed by atoms with Crippen LogP contribution in [0.2, 0.25) is 0 Å². The molecule has 1 atom stereocenters. The fourth-order valence-corrected chi connectivity index (χ4v) is 9.61. The highest BCUT2D eigenvalue weighted by molar-refractivity contribution is 6.01. The van der Waals surface area contributed by atoms with E-state index in [1.54, 1.807) is 0 Å². The minimum absolute atomic E-state index is 0.142. The standard InChI is InChI=1S/C53H34N4O/c1-3-16-33(17-4-1)50-55-51(34-18-5-2-6-19-34)57-52(56-50)36-21-15-20-35(32-36)49-39-30-31-43-48(47(39)38-23-8-12-27-44(38)54-49)37-22-7-9-24-40(37)53(43)41-25-10-13-28-45(41)58-46-29-14-11-26-42(46)53/h1-32,49,54H. The fourth-order valence-electron chi connectivity index (χ4n) is 9.61. The highest BCUT2D eigenvalue weighted by atomic mass is 16.5. The Morgan fingerprint density at radius 1 is 0.414 bits per heavy atom. The zero-order chi connectivity index (χ0) is 38.2. The number of fused-ring (bicyclic) bond motifs is 13. The molecule has 0 fully saturated rings. The number of anilines is 1. The number of rotatable bonds is 4. The van der Waals surface area contributed by atoms with Gasteiger partial charge in [-0.2, -0.15) is 0 Å². The molecule has 3 heterocycles. The van der Waals surface area contributed by atoms with E-state index < -0.39 is 5.41 Å². The van der Waals surface area contributed by atoms with Crippen LogP contribution in [0.3, 0.4) is 0 Å². The molecule has 12 rings (SSSR count). The Kier molecular flexibility index (Phi) is 7.14. The third-order valence-electron chi connectivity index (χ3n) is 12.0. The molecule has 1 aliphatic carbocycles. The van der Waals surface area contributed by atoms with Crippen LogP contribution in [0.1, 0.15) is 39.4 Å². The lowest BCUT2D eigenvalue weighted by molar-refractivity contribution is 0.436. The first-order valence-electron chi connectivity index (χ1n) is 19.7. The summed E-state index contributed by atoms with van der Waals surface area (Å²) in [6.07, 6.45) is 0. The van der Waals surface area contributed by atoms with Crippen LogP contribution in [0.5, 0.6) is 11.5 Å². The summed E-state index contributed by atoms with van der Waals surface area (Å²) in [5.74, 6) is 3.70. The molecule has 8 aromatic carbocycles. The Bertz CT molecular complexity index is 2980. The van der Waals surface area contributed by atoms with E-state index in [4.69, 9.17) is 19.7 Å². The lowest BCUT2D eigenvalue weighted by Gasteiger charge is -2.40. The molecule has 1 N–H and O–H groups in total. The van der Waals surface area contributed by atoms with Crippen LogP contribution in [0, 0.1) is 0 Å². The summed E-state index contributed by atoms with van der Waals surface area (Å²) >= 11 is 0. The molecule has 0 saturated heterocycles. The lowest BCUT2D eigenvalue weighted by Crippen LogP contribution is -2.32. The number of nitrogens with one attached hydrogen (secondary N) is 1. The van der Waals surface area contributed by atoms with Gasteiger partial charge in [-0.15, -0.1) is 0 Å². The first-order valence-corrected chi connectivity index (χ1v) is 19.7. The van der Waals surface area contributed by atoms with Crippen molar-refractivity contribution in [3.63, 3.8) is 0 Å². The van der Waals surface area contributed by atoms with Crippen molar-refractivity contribution in [3.05, 3.63) is 228 Å². The summed E-state index contributed by atoms with van der Waals surface area (Å²) in [6.45, 7) is 0. The predicted octanol–water partition coefficient (Wildman–Crippen LogP) is 12.5. The predicted molar refractivity (Wildman–Crippen MR) is 231 cm³/mol. The molecule has 5 heteroatoms. The molecule has 272 valence electrons. The molecule has 3 aliphatic rings. The molecule has 0 saturated carbocycles. The molecule has 1 unspecified atom stereocenters. The van der Waals surface area contributed by atoms with Crippen molar-refractivity contribution in [1.29, 1.82) is 0 Å². The van der Waals surface area contributed by atoms with Crippen molar-refractivity contribution in [1.82, 2.24) is 15.0 Å². The van der Waals surface area contributed by atoms with Gasteiger partial charge in [-0.05, 0) is 63.2 Å². The highest BCUT2D eigenvalue weighted by Gasteiger charge is 2.52. The van der Waals surface area contributed by atoms with Gasteiger partial charge in [-0.25, -0.2) is 15.0 Å². The van der Waals surface area contributed by atoms with E-state index in [0.717, 1.165) is 50.6 Å². The van der Waals surface area contributed by atoms with Gasteiger partial charge in [-0.1, -0.05) is 170 Å². The molecule has 5 nitrogen and oxygen atoms in total. The van der Waals surface area contributed by atoms with Gasteiger partial charge in [0, 0.05) is 39.1 Å². The van der Waals surface area contributed by atoms with Crippen LogP contribution in [0.4, 0.5) is 5.69 Å². The molecule has 9 aromatic rings. The summed E-state index contributed by atoms with van der Waals surface area (Å²) in [5, 5.41) is 3.97. The van der Waals surface area contributed by atoms with Crippen LogP contribution in [0.15, 0.2) is 194 Å². The second kappa shape index (κ2) is 12.7. The van der Waals surface area contributed by atoms with Gasteiger partial charge < -0.3 is 10.1 Å². The number of aromatic nitrogens is 3. The third-order valence-corrected chi connectivity index (χ3v) is 12.0. The average molecular weight is 743 g/mol. The van der Waals surface area contributed by atoms with Gasteiger partial charge in [0.15, 0.2) is 17.5 Å². The largest absolute Gasteiger partial charge is 0.457 e. The van der Waals surface area contributed by atoms with Crippen molar-refractivity contribution < 1.29 is 4.74 Å². The maximum atomic E-state index is 6.63. The maximum absolute atomic E-state index is 6.63. The van der Waals surface area contributed by atoms with Gasteiger partial charge in [-0.3, -0.25) is 0 Å². The molecule has 0 bridgehead atoms. The normalized spacial score (nSPS) is 14.8. The molecule has 1 aromatic heterocycles.